The van der Waals surface area contributed by atoms with Gasteiger partial charge in [-0.05, 0) is 49.4 Å². The number of aliphatic imine (C=N–C) groups is 1. The van der Waals surface area contributed by atoms with Gasteiger partial charge in [0.2, 0.25) is 0 Å². The summed E-state index contributed by atoms with van der Waals surface area (Å²) in [5.74, 6) is 1.69. The third kappa shape index (κ3) is 7.56. The first-order chi connectivity index (χ1) is 15.2. The molecule has 0 saturated carbocycles. The normalized spacial score (nSPS) is 16.4. The Morgan fingerprint density at radius 1 is 1.16 bits per heavy atom. The number of aryl methyl sites for hydroxylation is 1. The molecule has 0 radical (unpaired) electrons. The van der Waals surface area contributed by atoms with Crippen LogP contribution in [0.3, 0.4) is 0 Å². The third-order valence-corrected chi connectivity index (χ3v) is 5.18. The van der Waals surface area contributed by atoms with Crippen molar-refractivity contribution in [3.05, 3.63) is 64.7 Å². The van der Waals surface area contributed by atoms with Crippen LogP contribution in [0.25, 0.3) is 0 Å². The molecule has 1 fully saturated rings. The fourth-order valence-electron chi connectivity index (χ4n) is 3.58. The highest BCUT2D eigenvalue weighted by Gasteiger charge is 2.17. The van der Waals surface area contributed by atoms with Gasteiger partial charge < -0.3 is 24.8 Å². The van der Waals surface area contributed by atoms with Crippen LogP contribution >= 0.6 is 0 Å². The fourth-order valence-corrected chi connectivity index (χ4v) is 3.58. The molecule has 0 aromatic heterocycles. The molecule has 1 unspecified atom stereocenters. The lowest BCUT2D eigenvalue weighted by Gasteiger charge is -2.17. The first-order valence-corrected chi connectivity index (χ1v) is 11.1. The van der Waals surface area contributed by atoms with E-state index in [9.17, 15) is 0 Å². The molecule has 1 heterocycles. The smallest absolute Gasteiger partial charge is 0.191 e. The van der Waals surface area contributed by atoms with Crippen molar-refractivity contribution in [2.24, 2.45) is 4.99 Å². The maximum Gasteiger partial charge on any atom is 0.191 e. The number of guanidine groups is 1. The number of rotatable bonds is 10. The second-order valence-corrected chi connectivity index (χ2v) is 7.86. The maximum atomic E-state index is 6.12. The van der Waals surface area contributed by atoms with E-state index in [1.54, 1.807) is 7.11 Å². The highest BCUT2D eigenvalue weighted by atomic mass is 16.5. The first kappa shape index (κ1) is 23.1. The second kappa shape index (κ2) is 12.3. The van der Waals surface area contributed by atoms with Crippen molar-refractivity contribution in [3.63, 3.8) is 0 Å². The molecule has 0 spiro atoms. The van der Waals surface area contributed by atoms with E-state index in [-0.39, 0.29) is 6.10 Å². The molecular formula is C25H35N3O3. The van der Waals surface area contributed by atoms with Gasteiger partial charge in [0.05, 0.1) is 19.3 Å². The molecule has 1 aliphatic heterocycles. The van der Waals surface area contributed by atoms with E-state index in [4.69, 9.17) is 19.2 Å². The minimum Gasteiger partial charge on any atom is -0.491 e. The first-order valence-electron chi connectivity index (χ1n) is 11.1. The summed E-state index contributed by atoms with van der Waals surface area (Å²) in [6, 6.07) is 14.7. The zero-order chi connectivity index (χ0) is 21.9. The van der Waals surface area contributed by atoms with Gasteiger partial charge in [-0.3, -0.25) is 0 Å². The molecule has 1 aliphatic rings. The third-order valence-electron chi connectivity index (χ3n) is 5.18. The number of nitrogens with one attached hydrogen (secondary N) is 2. The molecule has 1 atom stereocenters. The van der Waals surface area contributed by atoms with Crippen LogP contribution in [0.5, 0.6) is 5.75 Å². The average Bonchev–Trinajstić information content (AvgIpc) is 3.29. The zero-order valence-electron chi connectivity index (χ0n) is 18.9. The lowest BCUT2D eigenvalue weighted by Crippen LogP contribution is -2.37. The van der Waals surface area contributed by atoms with Gasteiger partial charge >= 0.3 is 0 Å². The topological polar surface area (TPSA) is 64.1 Å². The Morgan fingerprint density at radius 2 is 2.03 bits per heavy atom. The lowest BCUT2D eigenvalue weighted by atomic mass is 10.1. The molecule has 0 bridgehead atoms. The number of nitrogens with zero attached hydrogens (tertiary/aromatic N) is 1. The summed E-state index contributed by atoms with van der Waals surface area (Å²) >= 11 is 0. The van der Waals surface area contributed by atoms with Crippen molar-refractivity contribution in [1.29, 1.82) is 0 Å². The van der Waals surface area contributed by atoms with E-state index in [1.165, 1.54) is 5.56 Å². The Kier molecular flexibility index (Phi) is 9.18. The van der Waals surface area contributed by atoms with Gasteiger partial charge in [0, 0.05) is 32.4 Å². The van der Waals surface area contributed by atoms with E-state index in [1.807, 2.05) is 6.07 Å². The van der Waals surface area contributed by atoms with E-state index < -0.39 is 0 Å². The largest absolute Gasteiger partial charge is 0.491 e. The van der Waals surface area contributed by atoms with Crippen LogP contribution in [0.15, 0.2) is 47.5 Å². The molecule has 3 rings (SSSR count). The molecule has 6 nitrogen and oxygen atoms in total. The highest BCUT2D eigenvalue weighted by Crippen LogP contribution is 2.22. The standard InChI is InChI=1S/C25H35N3O3/c1-4-26-25(27-15-20-7-5-8-21(14-20)17-29-3)28-16-22-11-10-19(2)13-24(22)31-18-23-9-6-12-30-23/h5,7-8,10-11,13-14,23H,4,6,9,12,15-18H2,1-3H3,(H2,26,27,28). The Labute approximate surface area is 186 Å². The number of benzene rings is 2. The van der Waals surface area contributed by atoms with Crippen molar-refractivity contribution < 1.29 is 14.2 Å². The predicted molar refractivity (Wildman–Crippen MR) is 124 cm³/mol. The molecular weight excluding hydrogens is 390 g/mol. The number of ether oxygens (including phenoxy) is 3. The van der Waals surface area contributed by atoms with Gasteiger partial charge in [0.1, 0.15) is 12.4 Å². The Hall–Kier alpha value is -2.57. The zero-order valence-corrected chi connectivity index (χ0v) is 18.9. The number of hydrogen-bond donors (Lipinski definition) is 2. The predicted octanol–water partition coefficient (Wildman–Crippen LogP) is 3.95. The Morgan fingerprint density at radius 3 is 2.81 bits per heavy atom. The van der Waals surface area contributed by atoms with Crippen LogP contribution in [-0.2, 0) is 29.2 Å². The van der Waals surface area contributed by atoms with Crippen LogP contribution in [0.1, 0.15) is 42.0 Å². The van der Waals surface area contributed by atoms with Crippen molar-refractivity contribution in [2.75, 3.05) is 26.9 Å². The summed E-state index contributed by atoms with van der Waals surface area (Å²) in [6.07, 6.45) is 2.39. The van der Waals surface area contributed by atoms with Gasteiger partial charge in [-0.15, -0.1) is 0 Å². The average molecular weight is 426 g/mol. The van der Waals surface area contributed by atoms with E-state index >= 15 is 0 Å². The van der Waals surface area contributed by atoms with Crippen LogP contribution in [0.2, 0.25) is 0 Å². The summed E-state index contributed by atoms with van der Waals surface area (Å²) in [7, 11) is 1.71. The lowest BCUT2D eigenvalue weighted by molar-refractivity contribution is 0.0676. The maximum absolute atomic E-state index is 6.12. The molecule has 31 heavy (non-hydrogen) atoms. The quantitative estimate of drug-likeness (QED) is 0.446. The summed E-state index contributed by atoms with van der Waals surface area (Å²) < 4.78 is 17.0. The molecule has 2 aromatic rings. The van der Waals surface area contributed by atoms with Crippen molar-refractivity contribution in [1.82, 2.24) is 10.6 Å². The minimum absolute atomic E-state index is 0.203. The summed E-state index contributed by atoms with van der Waals surface area (Å²) in [5.41, 5.74) is 4.60. The van der Waals surface area contributed by atoms with Crippen LogP contribution in [0, 0.1) is 6.92 Å². The van der Waals surface area contributed by atoms with Gasteiger partial charge in [-0.2, -0.15) is 0 Å². The van der Waals surface area contributed by atoms with Gasteiger partial charge in [-0.25, -0.2) is 4.99 Å². The second-order valence-electron chi connectivity index (χ2n) is 7.86. The minimum atomic E-state index is 0.203. The van der Waals surface area contributed by atoms with Gasteiger partial charge in [0.15, 0.2) is 5.96 Å². The van der Waals surface area contributed by atoms with E-state index in [0.29, 0.717) is 26.3 Å². The number of hydrogen-bond acceptors (Lipinski definition) is 4. The van der Waals surface area contributed by atoms with Gasteiger partial charge in [0.25, 0.3) is 0 Å². The highest BCUT2D eigenvalue weighted by molar-refractivity contribution is 5.79. The Bertz CT molecular complexity index is 848. The van der Waals surface area contributed by atoms with E-state index in [2.05, 4.69) is 60.9 Å². The summed E-state index contributed by atoms with van der Waals surface area (Å²) in [6.45, 7) is 8.23. The molecule has 1 saturated heterocycles. The van der Waals surface area contributed by atoms with Crippen LogP contribution < -0.4 is 15.4 Å². The van der Waals surface area contributed by atoms with E-state index in [0.717, 1.165) is 54.4 Å². The molecule has 0 aliphatic carbocycles. The molecule has 168 valence electrons. The van der Waals surface area contributed by atoms with Gasteiger partial charge in [-0.1, -0.05) is 36.4 Å². The van der Waals surface area contributed by atoms with Crippen molar-refractivity contribution >= 4 is 5.96 Å². The fraction of sp³-hybridized carbons (Fsp3) is 0.480. The summed E-state index contributed by atoms with van der Waals surface area (Å²) in [4.78, 5) is 4.75. The van der Waals surface area contributed by atoms with Crippen molar-refractivity contribution in [3.8, 4) is 5.75 Å². The Balaban J connectivity index is 1.62. The molecule has 2 N–H and O–H groups in total. The molecule has 2 aromatic carbocycles. The van der Waals surface area contributed by atoms with Crippen LogP contribution in [-0.4, -0.2) is 38.9 Å². The molecule has 6 heteroatoms. The monoisotopic (exact) mass is 425 g/mol. The number of methoxy groups -OCH3 is 1. The van der Waals surface area contributed by atoms with Crippen LogP contribution in [0.4, 0.5) is 0 Å². The molecule has 0 amide bonds. The summed E-state index contributed by atoms with van der Waals surface area (Å²) in [5, 5.41) is 6.76. The van der Waals surface area contributed by atoms with Crippen molar-refractivity contribution in [2.45, 2.75) is 52.5 Å². The SMILES string of the molecule is CCNC(=NCc1cccc(COC)c1)NCc1ccc(C)cc1OCC1CCCO1.